The highest BCUT2D eigenvalue weighted by Gasteiger charge is 2.09. The molecule has 1 aromatic heterocycles. The van der Waals surface area contributed by atoms with Gasteiger partial charge < -0.3 is 9.80 Å². The zero-order chi connectivity index (χ0) is 14.3. The van der Waals surface area contributed by atoms with E-state index in [2.05, 4.69) is 53.8 Å². The lowest BCUT2D eigenvalue weighted by Gasteiger charge is -2.22. The van der Waals surface area contributed by atoms with E-state index in [0.29, 0.717) is 0 Å². The summed E-state index contributed by atoms with van der Waals surface area (Å²) in [7, 11) is 4.17. The predicted octanol–water partition coefficient (Wildman–Crippen LogP) is 3.26. The van der Waals surface area contributed by atoms with Crippen LogP contribution in [0.5, 0.6) is 0 Å². The van der Waals surface area contributed by atoms with E-state index in [0.717, 1.165) is 30.5 Å². The average molecular weight is 264 g/mol. The first-order chi connectivity index (χ1) is 9.08. The summed E-state index contributed by atoms with van der Waals surface area (Å²) in [5.41, 5.74) is 1.03. The Morgan fingerprint density at radius 3 is 2.11 bits per heavy atom. The molecule has 0 aliphatic carbocycles. The molecule has 1 aromatic rings. The molecule has 0 aliphatic heterocycles. The Labute approximate surface area is 117 Å². The second kappa shape index (κ2) is 7.97. The fourth-order valence-electron chi connectivity index (χ4n) is 1.91. The van der Waals surface area contributed by atoms with Gasteiger partial charge in [0.05, 0.1) is 0 Å². The van der Waals surface area contributed by atoms with Crippen LogP contribution in [0.3, 0.4) is 0 Å². The standard InChI is InChI=1S/C15H28N4/c1-6-8-10-18(4)14-12-13(3)16-15(17-14)19(5)11-9-7-2/h12H,6-11H2,1-5H3. The monoisotopic (exact) mass is 264 g/mol. The van der Waals surface area contributed by atoms with Crippen LogP contribution in [0.15, 0.2) is 6.07 Å². The fourth-order valence-corrected chi connectivity index (χ4v) is 1.91. The van der Waals surface area contributed by atoms with E-state index in [-0.39, 0.29) is 0 Å². The Bertz CT molecular complexity index is 346. The Kier molecular flexibility index (Phi) is 6.60. The zero-order valence-electron chi connectivity index (χ0n) is 13.1. The molecule has 108 valence electrons. The first-order valence-electron chi connectivity index (χ1n) is 7.36. The molecule has 0 saturated heterocycles. The Balaban J connectivity index is 2.80. The van der Waals surface area contributed by atoms with Gasteiger partial charge in [0.2, 0.25) is 5.95 Å². The third-order valence-corrected chi connectivity index (χ3v) is 3.26. The maximum atomic E-state index is 4.68. The topological polar surface area (TPSA) is 32.3 Å². The molecular weight excluding hydrogens is 236 g/mol. The number of unbranched alkanes of at least 4 members (excludes halogenated alkanes) is 2. The van der Waals surface area contributed by atoms with Crippen molar-refractivity contribution in [3.8, 4) is 0 Å². The lowest BCUT2D eigenvalue weighted by molar-refractivity contribution is 0.737. The minimum atomic E-state index is 0.840. The molecule has 1 rings (SSSR count). The van der Waals surface area contributed by atoms with Gasteiger partial charge in [-0.2, -0.15) is 4.98 Å². The van der Waals surface area contributed by atoms with Crippen LogP contribution in [0.25, 0.3) is 0 Å². The third kappa shape index (κ3) is 5.05. The average Bonchev–Trinajstić information content (AvgIpc) is 2.41. The van der Waals surface area contributed by atoms with E-state index in [1.165, 1.54) is 25.7 Å². The summed E-state index contributed by atoms with van der Waals surface area (Å²) in [6.07, 6.45) is 4.77. The van der Waals surface area contributed by atoms with Crippen molar-refractivity contribution in [1.82, 2.24) is 9.97 Å². The molecule has 0 bridgehead atoms. The van der Waals surface area contributed by atoms with Crippen molar-refractivity contribution >= 4 is 11.8 Å². The van der Waals surface area contributed by atoms with Crippen LogP contribution in [0, 0.1) is 6.92 Å². The van der Waals surface area contributed by atoms with Gasteiger partial charge in [-0.25, -0.2) is 4.98 Å². The first kappa shape index (κ1) is 15.7. The van der Waals surface area contributed by atoms with Gasteiger partial charge in [-0.1, -0.05) is 26.7 Å². The van der Waals surface area contributed by atoms with Gasteiger partial charge in [0, 0.05) is 38.9 Å². The van der Waals surface area contributed by atoms with Gasteiger partial charge in [0.15, 0.2) is 0 Å². The van der Waals surface area contributed by atoms with Crippen molar-refractivity contribution in [3.63, 3.8) is 0 Å². The SMILES string of the molecule is CCCCN(C)c1cc(C)nc(N(C)CCCC)n1. The van der Waals surface area contributed by atoms with Crippen molar-refractivity contribution in [1.29, 1.82) is 0 Å². The van der Waals surface area contributed by atoms with Gasteiger partial charge in [0.1, 0.15) is 5.82 Å². The van der Waals surface area contributed by atoms with Crippen LogP contribution in [-0.4, -0.2) is 37.2 Å². The Hall–Kier alpha value is -1.32. The maximum Gasteiger partial charge on any atom is 0.227 e. The van der Waals surface area contributed by atoms with Crippen LogP contribution in [0.1, 0.15) is 45.2 Å². The third-order valence-electron chi connectivity index (χ3n) is 3.26. The summed E-state index contributed by atoms with van der Waals surface area (Å²) in [5.74, 6) is 1.87. The van der Waals surface area contributed by atoms with Crippen LogP contribution in [-0.2, 0) is 0 Å². The molecule has 0 N–H and O–H groups in total. The van der Waals surface area contributed by atoms with E-state index in [4.69, 9.17) is 0 Å². The molecule has 0 fully saturated rings. The van der Waals surface area contributed by atoms with E-state index in [1.807, 2.05) is 6.92 Å². The number of hydrogen-bond donors (Lipinski definition) is 0. The Morgan fingerprint density at radius 2 is 1.53 bits per heavy atom. The number of nitrogens with zero attached hydrogens (tertiary/aromatic N) is 4. The van der Waals surface area contributed by atoms with E-state index in [9.17, 15) is 0 Å². The van der Waals surface area contributed by atoms with Crippen LogP contribution < -0.4 is 9.80 Å². The van der Waals surface area contributed by atoms with Crippen molar-refractivity contribution in [2.24, 2.45) is 0 Å². The summed E-state index contributed by atoms with van der Waals surface area (Å²) in [5, 5.41) is 0. The summed E-state index contributed by atoms with van der Waals surface area (Å²) in [6.45, 7) is 8.51. The highest BCUT2D eigenvalue weighted by atomic mass is 15.3. The largest absolute Gasteiger partial charge is 0.360 e. The van der Waals surface area contributed by atoms with Crippen LogP contribution in [0.2, 0.25) is 0 Å². The summed E-state index contributed by atoms with van der Waals surface area (Å²) in [4.78, 5) is 13.6. The molecule has 0 unspecified atom stereocenters. The quantitative estimate of drug-likeness (QED) is 0.721. The number of aryl methyl sites for hydroxylation is 1. The first-order valence-corrected chi connectivity index (χ1v) is 7.36. The summed E-state index contributed by atoms with van der Waals surface area (Å²) >= 11 is 0. The highest BCUT2D eigenvalue weighted by molar-refractivity contribution is 5.44. The minimum Gasteiger partial charge on any atom is -0.360 e. The molecule has 0 saturated carbocycles. The predicted molar refractivity (Wildman–Crippen MR) is 83.1 cm³/mol. The van der Waals surface area contributed by atoms with Gasteiger partial charge in [0.25, 0.3) is 0 Å². The number of anilines is 2. The molecule has 4 nitrogen and oxygen atoms in total. The second-order valence-electron chi connectivity index (χ2n) is 5.22. The molecule has 0 atom stereocenters. The van der Waals surface area contributed by atoms with Crippen LogP contribution in [0.4, 0.5) is 11.8 Å². The molecule has 19 heavy (non-hydrogen) atoms. The number of rotatable bonds is 8. The number of aromatic nitrogens is 2. The molecule has 4 heteroatoms. The minimum absolute atomic E-state index is 0.840. The molecule has 1 heterocycles. The van der Waals surface area contributed by atoms with Gasteiger partial charge >= 0.3 is 0 Å². The second-order valence-corrected chi connectivity index (χ2v) is 5.22. The van der Waals surface area contributed by atoms with Crippen LogP contribution >= 0.6 is 0 Å². The number of hydrogen-bond acceptors (Lipinski definition) is 4. The van der Waals surface area contributed by atoms with Gasteiger partial charge in [-0.3, -0.25) is 0 Å². The molecule has 0 amide bonds. The van der Waals surface area contributed by atoms with Gasteiger partial charge in [-0.05, 0) is 19.8 Å². The lowest BCUT2D eigenvalue weighted by atomic mass is 10.3. The fraction of sp³-hybridized carbons (Fsp3) is 0.733. The Morgan fingerprint density at radius 1 is 0.947 bits per heavy atom. The highest BCUT2D eigenvalue weighted by Crippen LogP contribution is 2.16. The smallest absolute Gasteiger partial charge is 0.227 e. The molecule has 0 aromatic carbocycles. The summed E-state index contributed by atoms with van der Waals surface area (Å²) in [6, 6.07) is 2.06. The normalized spacial score (nSPS) is 10.6. The van der Waals surface area contributed by atoms with E-state index < -0.39 is 0 Å². The summed E-state index contributed by atoms with van der Waals surface area (Å²) < 4.78 is 0. The van der Waals surface area contributed by atoms with Crippen molar-refractivity contribution < 1.29 is 0 Å². The molecular formula is C15H28N4. The van der Waals surface area contributed by atoms with E-state index in [1.54, 1.807) is 0 Å². The van der Waals surface area contributed by atoms with Crippen molar-refractivity contribution in [2.75, 3.05) is 37.0 Å². The zero-order valence-corrected chi connectivity index (χ0v) is 13.1. The van der Waals surface area contributed by atoms with Gasteiger partial charge in [-0.15, -0.1) is 0 Å². The lowest BCUT2D eigenvalue weighted by Crippen LogP contribution is -2.24. The van der Waals surface area contributed by atoms with E-state index >= 15 is 0 Å². The maximum absolute atomic E-state index is 4.68. The molecule has 0 spiro atoms. The molecule has 0 aliphatic rings. The molecule has 0 radical (unpaired) electrons. The van der Waals surface area contributed by atoms with Crippen molar-refractivity contribution in [3.05, 3.63) is 11.8 Å². The van der Waals surface area contributed by atoms with Crippen molar-refractivity contribution in [2.45, 2.75) is 46.5 Å².